The third-order valence-electron chi connectivity index (χ3n) is 2.11. The number of aryl methyl sites for hydroxylation is 1. The summed E-state index contributed by atoms with van der Waals surface area (Å²) in [6, 6.07) is 1.52. The van der Waals surface area contributed by atoms with E-state index < -0.39 is 17.7 Å². The van der Waals surface area contributed by atoms with Crippen molar-refractivity contribution in [3.8, 4) is 0 Å². The smallest absolute Gasteiger partial charge is 0.342 e. The van der Waals surface area contributed by atoms with E-state index in [1.165, 1.54) is 6.07 Å². The van der Waals surface area contributed by atoms with Crippen LogP contribution in [0.5, 0.6) is 0 Å². The second-order valence-electron chi connectivity index (χ2n) is 4.87. The minimum Gasteiger partial charge on any atom is -0.463 e. The molecule has 0 spiro atoms. The average molecular weight is 242 g/mol. The van der Waals surface area contributed by atoms with E-state index in [1.54, 1.807) is 34.6 Å². The molecule has 0 aliphatic carbocycles. The van der Waals surface area contributed by atoms with Crippen LogP contribution in [-0.2, 0) is 9.62 Å². The van der Waals surface area contributed by atoms with Gasteiger partial charge in [0, 0.05) is 0 Å². The van der Waals surface area contributed by atoms with Gasteiger partial charge in [-0.25, -0.2) is 9.68 Å². The molecular formula is C12H18O5. The van der Waals surface area contributed by atoms with Crippen molar-refractivity contribution < 1.29 is 24.1 Å². The summed E-state index contributed by atoms with van der Waals surface area (Å²) in [6.45, 7) is 8.64. The summed E-state index contributed by atoms with van der Waals surface area (Å²) in [5.41, 5.74) is -0.209. The summed E-state index contributed by atoms with van der Waals surface area (Å²) < 4.78 is 10.5. The lowest BCUT2D eigenvalue weighted by Gasteiger charge is -2.18. The maximum Gasteiger partial charge on any atom is 0.342 e. The molecule has 5 nitrogen and oxygen atoms in total. The SMILES string of the molecule is Cc1oc(C(C)OO)cc1C(=O)OC(C)(C)C. The molecule has 1 N–H and O–H groups in total. The van der Waals surface area contributed by atoms with Gasteiger partial charge in [0.2, 0.25) is 0 Å². The predicted octanol–water partition coefficient (Wildman–Crippen LogP) is 3.09. The van der Waals surface area contributed by atoms with Crippen LogP contribution in [0.25, 0.3) is 0 Å². The van der Waals surface area contributed by atoms with E-state index in [1.807, 2.05) is 0 Å². The van der Waals surface area contributed by atoms with Crippen molar-refractivity contribution in [1.29, 1.82) is 0 Å². The van der Waals surface area contributed by atoms with Crippen LogP contribution in [-0.4, -0.2) is 16.8 Å². The van der Waals surface area contributed by atoms with Gasteiger partial charge in [-0.1, -0.05) is 0 Å². The van der Waals surface area contributed by atoms with Crippen molar-refractivity contribution in [2.24, 2.45) is 0 Å². The normalized spacial score (nSPS) is 13.5. The average Bonchev–Trinajstić information content (AvgIpc) is 2.56. The van der Waals surface area contributed by atoms with E-state index in [9.17, 15) is 4.79 Å². The minimum absolute atomic E-state index is 0.346. The second-order valence-corrected chi connectivity index (χ2v) is 4.87. The zero-order chi connectivity index (χ0) is 13.2. The number of hydrogen-bond acceptors (Lipinski definition) is 5. The third-order valence-corrected chi connectivity index (χ3v) is 2.11. The van der Waals surface area contributed by atoms with Gasteiger partial charge in [0.15, 0.2) is 0 Å². The highest BCUT2D eigenvalue weighted by Crippen LogP contribution is 2.24. The Labute approximate surface area is 100 Å². The molecule has 1 unspecified atom stereocenters. The molecule has 1 heterocycles. The Bertz CT molecular complexity index is 400. The van der Waals surface area contributed by atoms with Crippen molar-refractivity contribution in [3.63, 3.8) is 0 Å². The number of carbonyl (C=O) groups is 1. The number of esters is 1. The first-order chi connectivity index (χ1) is 7.74. The van der Waals surface area contributed by atoms with E-state index >= 15 is 0 Å². The number of furan rings is 1. The van der Waals surface area contributed by atoms with Gasteiger partial charge >= 0.3 is 5.97 Å². The fraction of sp³-hybridized carbons (Fsp3) is 0.583. The molecule has 5 heteroatoms. The lowest BCUT2D eigenvalue weighted by Crippen LogP contribution is -2.24. The van der Waals surface area contributed by atoms with Crippen LogP contribution in [0, 0.1) is 6.92 Å². The Balaban J connectivity index is 2.92. The molecule has 96 valence electrons. The first kappa shape index (κ1) is 13.7. The van der Waals surface area contributed by atoms with E-state index in [2.05, 4.69) is 4.89 Å². The molecule has 0 aliphatic rings. The quantitative estimate of drug-likeness (QED) is 0.501. The first-order valence-corrected chi connectivity index (χ1v) is 5.38. The summed E-state index contributed by atoms with van der Waals surface area (Å²) in [5.74, 6) is 0.374. The van der Waals surface area contributed by atoms with Gasteiger partial charge in [0.05, 0.1) is 0 Å². The van der Waals surface area contributed by atoms with Crippen LogP contribution in [0.1, 0.15) is 55.7 Å². The summed E-state index contributed by atoms with van der Waals surface area (Å²) >= 11 is 0. The highest BCUT2D eigenvalue weighted by molar-refractivity contribution is 5.90. The van der Waals surface area contributed by atoms with Crippen LogP contribution in [0.4, 0.5) is 0 Å². The Morgan fingerprint density at radius 1 is 1.47 bits per heavy atom. The maximum absolute atomic E-state index is 11.8. The lowest BCUT2D eigenvalue weighted by atomic mass is 10.1. The summed E-state index contributed by atoms with van der Waals surface area (Å²) in [7, 11) is 0. The van der Waals surface area contributed by atoms with Gasteiger partial charge in [0.1, 0.15) is 28.8 Å². The van der Waals surface area contributed by atoms with E-state index in [0.717, 1.165) is 0 Å². The van der Waals surface area contributed by atoms with Crippen molar-refractivity contribution in [1.82, 2.24) is 0 Å². The van der Waals surface area contributed by atoms with Gasteiger partial charge in [-0.05, 0) is 40.7 Å². The van der Waals surface area contributed by atoms with Crippen LogP contribution < -0.4 is 0 Å². The maximum atomic E-state index is 11.8. The zero-order valence-electron chi connectivity index (χ0n) is 10.7. The molecule has 0 saturated heterocycles. The van der Waals surface area contributed by atoms with Crippen LogP contribution in [0.3, 0.4) is 0 Å². The van der Waals surface area contributed by atoms with E-state index in [4.69, 9.17) is 14.4 Å². The largest absolute Gasteiger partial charge is 0.463 e. The van der Waals surface area contributed by atoms with Crippen LogP contribution in [0.15, 0.2) is 10.5 Å². The molecule has 1 rings (SSSR count). The third kappa shape index (κ3) is 3.57. The summed E-state index contributed by atoms with van der Waals surface area (Å²) in [4.78, 5) is 16.0. The standard InChI is InChI=1S/C12H18O5/c1-7-9(11(13)16-12(3,4)5)6-10(15-7)8(2)17-14/h6,8,14H,1-5H3. The molecule has 1 aromatic heterocycles. The van der Waals surface area contributed by atoms with Crippen LogP contribution >= 0.6 is 0 Å². The Morgan fingerprint density at radius 2 is 2.06 bits per heavy atom. The molecular weight excluding hydrogens is 224 g/mol. The molecule has 0 aromatic carbocycles. The van der Waals surface area contributed by atoms with Gasteiger partial charge in [-0.2, -0.15) is 0 Å². The highest BCUT2D eigenvalue weighted by atomic mass is 17.1. The second kappa shape index (κ2) is 4.89. The van der Waals surface area contributed by atoms with Gasteiger partial charge < -0.3 is 9.15 Å². The van der Waals surface area contributed by atoms with Crippen LogP contribution in [0.2, 0.25) is 0 Å². The van der Waals surface area contributed by atoms with Gasteiger partial charge in [-0.15, -0.1) is 0 Å². The van der Waals surface area contributed by atoms with E-state index in [-0.39, 0.29) is 0 Å². The van der Waals surface area contributed by atoms with E-state index in [0.29, 0.717) is 17.1 Å². The fourth-order valence-electron chi connectivity index (χ4n) is 1.29. The Hall–Kier alpha value is -1.33. The lowest BCUT2D eigenvalue weighted by molar-refractivity contribution is -0.280. The Morgan fingerprint density at radius 3 is 2.53 bits per heavy atom. The summed E-state index contributed by atoms with van der Waals surface area (Å²) in [5, 5.41) is 8.54. The molecule has 0 bridgehead atoms. The van der Waals surface area contributed by atoms with Crippen molar-refractivity contribution in [2.75, 3.05) is 0 Å². The molecule has 0 saturated carbocycles. The monoisotopic (exact) mass is 242 g/mol. The zero-order valence-corrected chi connectivity index (χ0v) is 10.7. The topological polar surface area (TPSA) is 68.9 Å². The van der Waals surface area contributed by atoms with Gasteiger partial charge in [0.25, 0.3) is 0 Å². The number of hydrogen-bond donors (Lipinski definition) is 1. The number of rotatable bonds is 3. The van der Waals surface area contributed by atoms with Crippen molar-refractivity contribution in [2.45, 2.75) is 46.3 Å². The summed E-state index contributed by atoms with van der Waals surface area (Å²) in [6.07, 6.45) is -0.620. The molecule has 1 atom stereocenters. The number of carbonyl (C=O) groups excluding carboxylic acids is 1. The van der Waals surface area contributed by atoms with Gasteiger partial charge in [-0.3, -0.25) is 5.26 Å². The number of ether oxygens (including phenoxy) is 1. The predicted molar refractivity (Wildman–Crippen MR) is 60.7 cm³/mol. The molecule has 0 aliphatic heterocycles. The molecule has 0 amide bonds. The molecule has 1 aromatic rings. The minimum atomic E-state index is -0.620. The first-order valence-electron chi connectivity index (χ1n) is 5.38. The van der Waals surface area contributed by atoms with Crippen molar-refractivity contribution >= 4 is 5.97 Å². The highest BCUT2D eigenvalue weighted by Gasteiger charge is 2.23. The Kier molecular flexibility index (Phi) is 3.95. The molecule has 0 radical (unpaired) electrons. The van der Waals surface area contributed by atoms with Crippen molar-refractivity contribution in [3.05, 3.63) is 23.2 Å². The molecule has 17 heavy (non-hydrogen) atoms. The molecule has 0 fully saturated rings. The fourth-order valence-corrected chi connectivity index (χ4v) is 1.29.